The largest absolute Gasteiger partial charge is 0.443 e. The molecule has 0 unspecified atom stereocenters. The molecule has 3 rings (SSSR count). The molecule has 1 aromatic carbocycles. The quantitative estimate of drug-likeness (QED) is 0.199. The van der Waals surface area contributed by atoms with Gasteiger partial charge >= 0.3 is 6.09 Å². The number of ether oxygens (including phenoxy) is 1. The van der Waals surface area contributed by atoms with Crippen LogP contribution in [0.3, 0.4) is 0 Å². The number of aldehydes is 1. The fourth-order valence-electron chi connectivity index (χ4n) is 4.35. The van der Waals surface area contributed by atoms with Crippen LogP contribution >= 0.6 is 0 Å². The van der Waals surface area contributed by atoms with Gasteiger partial charge in [0.1, 0.15) is 23.4 Å². The number of carbonyl (C=O) groups is 3. The molecule has 2 heterocycles. The van der Waals surface area contributed by atoms with E-state index in [4.69, 9.17) is 4.74 Å². The molecular formula is C30H36FN3O5. The molecule has 8 nitrogen and oxygen atoms in total. The van der Waals surface area contributed by atoms with Crippen LogP contribution in [0.25, 0.3) is 10.9 Å². The molecule has 0 aliphatic carbocycles. The highest BCUT2D eigenvalue weighted by molar-refractivity contribution is 5.93. The normalized spacial score (nSPS) is 11.9. The molecule has 0 fully saturated rings. The van der Waals surface area contributed by atoms with Gasteiger partial charge in [0.25, 0.3) is 5.56 Å². The minimum absolute atomic E-state index is 0.00427. The lowest BCUT2D eigenvalue weighted by Gasteiger charge is -2.22. The van der Waals surface area contributed by atoms with Gasteiger partial charge in [-0.3, -0.25) is 14.4 Å². The maximum atomic E-state index is 14.5. The van der Waals surface area contributed by atoms with Gasteiger partial charge in [-0.15, -0.1) is 0 Å². The van der Waals surface area contributed by atoms with Crippen LogP contribution in [0, 0.1) is 11.7 Å². The van der Waals surface area contributed by atoms with E-state index < -0.39 is 23.1 Å². The fourth-order valence-corrected chi connectivity index (χ4v) is 4.35. The van der Waals surface area contributed by atoms with Crippen LogP contribution in [0.4, 0.5) is 14.9 Å². The Kier molecular flexibility index (Phi) is 9.61. The molecule has 0 atom stereocenters. The van der Waals surface area contributed by atoms with Gasteiger partial charge in [0.2, 0.25) is 5.91 Å². The third-order valence-electron chi connectivity index (χ3n) is 5.84. The number of amides is 1. The predicted molar refractivity (Wildman–Crippen MR) is 150 cm³/mol. The number of allylic oxidation sites excluding steroid dienone is 2. The van der Waals surface area contributed by atoms with Gasteiger partial charge in [-0.1, -0.05) is 19.9 Å². The molecule has 0 aliphatic heterocycles. The molecule has 9 heteroatoms. The SMILES string of the molecule is CC(C)Cc1cc(F)cc2cc(Cn3cccc(NC(=O)CCC/C=C/C=O)c3=O)n(C(=O)OC(C)(C)C)c12. The third kappa shape index (κ3) is 7.99. The molecule has 0 spiro atoms. The predicted octanol–water partition coefficient (Wildman–Crippen LogP) is 5.84. The van der Waals surface area contributed by atoms with Gasteiger partial charge in [-0.2, -0.15) is 0 Å². The van der Waals surface area contributed by atoms with E-state index in [1.54, 1.807) is 45.2 Å². The molecule has 3 aromatic rings. The first-order chi connectivity index (χ1) is 18.4. The Balaban J connectivity index is 1.99. The number of nitrogens with zero attached hydrogens (tertiary/aromatic N) is 2. The van der Waals surface area contributed by atoms with E-state index in [2.05, 4.69) is 5.32 Å². The number of hydrogen-bond donors (Lipinski definition) is 1. The van der Waals surface area contributed by atoms with Gasteiger partial charge in [0.15, 0.2) is 0 Å². The third-order valence-corrected chi connectivity index (χ3v) is 5.84. The Labute approximate surface area is 227 Å². The molecule has 1 amide bonds. The topological polar surface area (TPSA) is 99.4 Å². The highest BCUT2D eigenvalue weighted by atomic mass is 19.1. The highest BCUT2D eigenvalue weighted by Crippen LogP contribution is 2.29. The summed E-state index contributed by atoms with van der Waals surface area (Å²) in [5.41, 5.74) is 0.567. The fraction of sp³-hybridized carbons (Fsp3) is 0.400. The van der Waals surface area contributed by atoms with Crippen molar-refractivity contribution in [1.29, 1.82) is 0 Å². The standard InChI is InChI=1S/C30H36FN3O5/c1-20(2)15-21-16-23(31)17-22-18-24(34(27(21)22)29(38)39-30(3,4)5)19-33-13-10-11-25(28(33)37)32-26(36)12-8-6-7-9-14-35/h7,9-11,13-14,16-18,20H,6,8,12,15,19H2,1-5H3,(H,32,36)/b9-7+. The molecule has 0 aliphatic rings. The van der Waals surface area contributed by atoms with Crippen LogP contribution in [-0.4, -0.2) is 33.0 Å². The van der Waals surface area contributed by atoms with Gasteiger partial charge in [0, 0.05) is 18.0 Å². The first kappa shape index (κ1) is 29.5. The lowest BCUT2D eigenvalue weighted by atomic mass is 10.0. The summed E-state index contributed by atoms with van der Waals surface area (Å²) in [4.78, 5) is 49.3. The van der Waals surface area contributed by atoms with Crippen molar-refractivity contribution in [3.8, 4) is 0 Å². The number of halogens is 1. The Bertz CT molecular complexity index is 1440. The van der Waals surface area contributed by atoms with Crippen molar-refractivity contribution in [3.05, 3.63) is 76.1 Å². The number of fused-ring (bicyclic) bond motifs is 1. The van der Waals surface area contributed by atoms with Crippen molar-refractivity contribution in [2.45, 2.75) is 72.4 Å². The lowest BCUT2D eigenvalue weighted by Crippen LogP contribution is -2.30. The average molecular weight is 538 g/mol. The van der Waals surface area contributed by atoms with Gasteiger partial charge in [0.05, 0.1) is 17.8 Å². The molecule has 39 heavy (non-hydrogen) atoms. The molecule has 0 radical (unpaired) electrons. The molecule has 0 saturated heterocycles. The number of pyridine rings is 1. The van der Waals surface area contributed by atoms with Crippen molar-refractivity contribution >= 4 is 34.9 Å². The molecule has 208 valence electrons. The Morgan fingerprint density at radius 2 is 1.92 bits per heavy atom. The number of anilines is 1. The van der Waals surface area contributed by atoms with E-state index in [9.17, 15) is 23.6 Å². The number of unbranched alkanes of at least 4 members (excludes halogenated alkanes) is 1. The van der Waals surface area contributed by atoms with Crippen LogP contribution in [-0.2, 0) is 27.3 Å². The first-order valence-electron chi connectivity index (χ1n) is 13.1. The van der Waals surface area contributed by atoms with Crippen LogP contribution in [0.15, 0.2) is 53.5 Å². The number of carbonyl (C=O) groups excluding carboxylic acids is 3. The zero-order valence-electron chi connectivity index (χ0n) is 23.1. The smallest absolute Gasteiger partial charge is 0.419 e. The van der Waals surface area contributed by atoms with Crippen LogP contribution in [0.2, 0.25) is 0 Å². The Morgan fingerprint density at radius 3 is 2.59 bits per heavy atom. The summed E-state index contributed by atoms with van der Waals surface area (Å²) >= 11 is 0. The molecule has 1 N–H and O–H groups in total. The summed E-state index contributed by atoms with van der Waals surface area (Å²) in [5, 5.41) is 3.18. The summed E-state index contributed by atoms with van der Waals surface area (Å²) in [7, 11) is 0. The maximum absolute atomic E-state index is 14.5. The van der Waals surface area contributed by atoms with E-state index in [0.29, 0.717) is 47.7 Å². The first-order valence-corrected chi connectivity index (χ1v) is 13.1. The Hall–Kier alpha value is -4.01. The maximum Gasteiger partial charge on any atom is 0.419 e. The second-order valence-corrected chi connectivity index (χ2v) is 10.9. The van der Waals surface area contributed by atoms with Crippen molar-refractivity contribution in [2.75, 3.05) is 5.32 Å². The zero-order valence-corrected chi connectivity index (χ0v) is 23.1. The Morgan fingerprint density at radius 1 is 1.18 bits per heavy atom. The van der Waals surface area contributed by atoms with E-state index in [-0.39, 0.29) is 30.5 Å². The summed E-state index contributed by atoms with van der Waals surface area (Å²) in [6.45, 7) is 9.32. The summed E-state index contributed by atoms with van der Waals surface area (Å²) < 4.78 is 23.0. The van der Waals surface area contributed by atoms with Gasteiger partial charge < -0.3 is 14.6 Å². The summed E-state index contributed by atoms with van der Waals surface area (Å²) in [6, 6.07) is 7.64. The molecule has 0 saturated carbocycles. The number of aromatic nitrogens is 2. The number of hydrogen-bond acceptors (Lipinski definition) is 5. The molecular weight excluding hydrogens is 501 g/mol. The summed E-state index contributed by atoms with van der Waals surface area (Å²) in [5.74, 6) is -0.514. The van der Waals surface area contributed by atoms with E-state index in [1.807, 2.05) is 13.8 Å². The van der Waals surface area contributed by atoms with Crippen molar-refractivity contribution < 1.29 is 23.5 Å². The number of nitrogens with one attached hydrogen (secondary N) is 1. The zero-order chi connectivity index (χ0) is 28.7. The second-order valence-electron chi connectivity index (χ2n) is 10.9. The number of rotatable bonds is 10. The van der Waals surface area contributed by atoms with E-state index in [0.717, 1.165) is 0 Å². The van der Waals surface area contributed by atoms with Gasteiger partial charge in [-0.05, 0) is 87.9 Å². The van der Waals surface area contributed by atoms with E-state index in [1.165, 1.54) is 33.4 Å². The monoisotopic (exact) mass is 537 g/mol. The van der Waals surface area contributed by atoms with Crippen LogP contribution in [0.1, 0.15) is 65.1 Å². The van der Waals surface area contributed by atoms with Crippen molar-refractivity contribution in [1.82, 2.24) is 9.13 Å². The van der Waals surface area contributed by atoms with E-state index >= 15 is 0 Å². The molecule has 2 aromatic heterocycles. The minimum Gasteiger partial charge on any atom is -0.443 e. The van der Waals surface area contributed by atoms with Gasteiger partial charge in [-0.25, -0.2) is 13.8 Å². The van der Waals surface area contributed by atoms with Crippen molar-refractivity contribution in [2.24, 2.45) is 5.92 Å². The highest BCUT2D eigenvalue weighted by Gasteiger charge is 2.25. The second kappa shape index (κ2) is 12.7. The lowest BCUT2D eigenvalue weighted by molar-refractivity contribution is -0.116. The number of benzene rings is 1. The minimum atomic E-state index is -0.771. The molecule has 0 bridgehead atoms. The van der Waals surface area contributed by atoms with Crippen LogP contribution in [0.5, 0.6) is 0 Å². The average Bonchev–Trinajstić information content (AvgIpc) is 3.18. The summed E-state index contributed by atoms with van der Waals surface area (Å²) in [6.07, 6.45) is 6.52. The van der Waals surface area contributed by atoms with Crippen LogP contribution < -0.4 is 10.9 Å². The van der Waals surface area contributed by atoms with Crippen molar-refractivity contribution in [3.63, 3.8) is 0 Å².